The average molecular weight is 336 g/mol. The molecule has 1 rings (SSSR count). The van der Waals surface area contributed by atoms with E-state index in [-0.39, 0.29) is 6.10 Å². The van der Waals surface area contributed by atoms with Gasteiger partial charge in [0, 0.05) is 6.92 Å². The van der Waals surface area contributed by atoms with Crippen molar-refractivity contribution in [2.45, 2.75) is 66.3 Å². The fourth-order valence-corrected chi connectivity index (χ4v) is 2.20. The highest BCUT2D eigenvalue weighted by Crippen LogP contribution is 2.19. The van der Waals surface area contributed by atoms with Crippen LogP contribution in [0.25, 0.3) is 0 Å². The van der Waals surface area contributed by atoms with Crippen LogP contribution < -0.4 is 0 Å². The van der Waals surface area contributed by atoms with Crippen LogP contribution in [0.4, 0.5) is 4.79 Å². The van der Waals surface area contributed by atoms with Gasteiger partial charge in [0.05, 0.1) is 12.0 Å². The van der Waals surface area contributed by atoms with Crippen molar-refractivity contribution in [3.8, 4) is 0 Å². The van der Waals surface area contributed by atoms with E-state index in [2.05, 4.69) is 13.8 Å². The number of rotatable bonds is 7. The molecule has 0 heterocycles. The van der Waals surface area contributed by atoms with Crippen LogP contribution in [0.1, 0.15) is 58.6 Å². The molecule has 1 aromatic rings. The predicted octanol–water partition coefficient (Wildman–Crippen LogP) is 4.44. The van der Waals surface area contributed by atoms with Crippen LogP contribution in [0.5, 0.6) is 0 Å². The summed E-state index contributed by atoms with van der Waals surface area (Å²) in [5.41, 5.74) is 2.10. The van der Waals surface area contributed by atoms with Gasteiger partial charge in [-0.3, -0.25) is 4.79 Å². The highest BCUT2D eigenvalue weighted by molar-refractivity contribution is 5.77. The molecule has 0 aliphatic carbocycles. The summed E-state index contributed by atoms with van der Waals surface area (Å²) < 4.78 is 14.9. The van der Waals surface area contributed by atoms with E-state index in [9.17, 15) is 9.59 Å². The summed E-state index contributed by atoms with van der Waals surface area (Å²) >= 11 is 0. The second kappa shape index (κ2) is 9.30. The van der Waals surface area contributed by atoms with E-state index >= 15 is 0 Å². The molecule has 0 fully saturated rings. The van der Waals surface area contributed by atoms with Crippen molar-refractivity contribution in [1.29, 1.82) is 0 Å². The zero-order chi connectivity index (χ0) is 18.3. The number of esters is 1. The Balaban J connectivity index is 2.56. The first-order chi connectivity index (χ1) is 11.2. The van der Waals surface area contributed by atoms with Gasteiger partial charge in [-0.05, 0) is 44.2 Å². The van der Waals surface area contributed by atoms with Crippen LogP contribution in [-0.2, 0) is 25.4 Å². The van der Waals surface area contributed by atoms with Crippen molar-refractivity contribution in [3.63, 3.8) is 0 Å². The minimum atomic E-state index is -0.994. The first-order valence-corrected chi connectivity index (χ1v) is 8.35. The van der Waals surface area contributed by atoms with Gasteiger partial charge in [0.1, 0.15) is 0 Å². The lowest BCUT2D eigenvalue weighted by Crippen LogP contribution is -2.25. The van der Waals surface area contributed by atoms with Gasteiger partial charge in [0.25, 0.3) is 0 Å². The van der Waals surface area contributed by atoms with Gasteiger partial charge >= 0.3 is 12.1 Å². The number of benzene rings is 1. The van der Waals surface area contributed by atoms with Crippen molar-refractivity contribution in [2.24, 2.45) is 5.92 Å². The molecule has 0 aliphatic rings. The molecule has 1 unspecified atom stereocenters. The Bertz CT molecular complexity index is 533. The molecule has 134 valence electrons. The number of hydrogen-bond acceptors (Lipinski definition) is 5. The van der Waals surface area contributed by atoms with Gasteiger partial charge in [0.2, 0.25) is 6.29 Å². The van der Waals surface area contributed by atoms with Crippen LogP contribution in [0.3, 0.4) is 0 Å². The standard InChI is InChI=1S/C19H28O5/c1-12(2)11-16-7-9-17(10-8-16)14(5)18(20)23-15(6)24-19(21)22-13(3)4/h7-10,12-15H,11H2,1-6H3/t14-,15?/m0/s1. The summed E-state index contributed by atoms with van der Waals surface area (Å²) in [5, 5.41) is 0. The lowest BCUT2D eigenvalue weighted by atomic mass is 9.97. The maximum absolute atomic E-state index is 12.2. The predicted molar refractivity (Wildman–Crippen MR) is 91.7 cm³/mol. The van der Waals surface area contributed by atoms with Gasteiger partial charge in [0.15, 0.2) is 0 Å². The largest absolute Gasteiger partial charge is 0.511 e. The van der Waals surface area contributed by atoms with E-state index in [0.717, 1.165) is 12.0 Å². The molecular formula is C19H28O5. The Labute approximate surface area is 144 Å². The topological polar surface area (TPSA) is 61.8 Å². The van der Waals surface area contributed by atoms with E-state index in [4.69, 9.17) is 14.2 Å². The molecule has 2 atom stereocenters. The number of carbonyl (C=O) groups is 2. The summed E-state index contributed by atoms with van der Waals surface area (Å²) in [6, 6.07) is 7.92. The van der Waals surface area contributed by atoms with Crippen LogP contribution in [0.2, 0.25) is 0 Å². The lowest BCUT2D eigenvalue weighted by molar-refractivity contribution is -0.169. The van der Waals surface area contributed by atoms with Gasteiger partial charge < -0.3 is 14.2 Å². The maximum atomic E-state index is 12.2. The second-order valence-electron chi connectivity index (χ2n) is 6.60. The van der Waals surface area contributed by atoms with Crippen LogP contribution >= 0.6 is 0 Å². The zero-order valence-electron chi connectivity index (χ0n) is 15.4. The first-order valence-electron chi connectivity index (χ1n) is 8.35. The number of carbonyl (C=O) groups excluding carboxylic acids is 2. The summed E-state index contributed by atoms with van der Waals surface area (Å²) in [4.78, 5) is 23.5. The molecule has 24 heavy (non-hydrogen) atoms. The van der Waals surface area contributed by atoms with Crippen molar-refractivity contribution in [1.82, 2.24) is 0 Å². The monoisotopic (exact) mass is 336 g/mol. The van der Waals surface area contributed by atoms with E-state index in [0.29, 0.717) is 5.92 Å². The van der Waals surface area contributed by atoms with E-state index in [1.165, 1.54) is 12.5 Å². The van der Waals surface area contributed by atoms with E-state index in [1.54, 1.807) is 20.8 Å². The fraction of sp³-hybridized carbons (Fsp3) is 0.579. The van der Waals surface area contributed by atoms with Crippen molar-refractivity contribution in [3.05, 3.63) is 35.4 Å². The summed E-state index contributed by atoms with van der Waals surface area (Å²) in [6.07, 6.45) is -1.13. The Morgan fingerprint density at radius 3 is 1.96 bits per heavy atom. The van der Waals surface area contributed by atoms with Crippen molar-refractivity contribution >= 4 is 12.1 Å². The summed E-state index contributed by atoms with van der Waals surface area (Å²) in [7, 11) is 0. The van der Waals surface area contributed by atoms with Gasteiger partial charge in [-0.2, -0.15) is 0 Å². The lowest BCUT2D eigenvalue weighted by Gasteiger charge is -2.18. The third kappa shape index (κ3) is 7.02. The molecule has 0 N–H and O–H groups in total. The van der Waals surface area contributed by atoms with E-state index < -0.39 is 24.3 Å². The SMILES string of the molecule is CC(C)Cc1ccc([C@H](C)C(=O)OC(C)OC(=O)OC(C)C)cc1. The molecule has 5 heteroatoms. The Morgan fingerprint density at radius 2 is 1.46 bits per heavy atom. The molecule has 0 aliphatic heterocycles. The number of hydrogen-bond donors (Lipinski definition) is 0. The molecule has 0 aromatic heterocycles. The molecule has 0 radical (unpaired) electrons. The normalized spacial score (nSPS) is 13.5. The quantitative estimate of drug-likeness (QED) is 0.544. The van der Waals surface area contributed by atoms with Gasteiger partial charge in [-0.15, -0.1) is 0 Å². The van der Waals surface area contributed by atoms with Crippen molar-refractivity contribution in [2.75, 3.05) is 0 Å². The van der Waals surface area contributed by atoms with Crippen molar-refractivity contribution < 1.29 is 23.8 Å². The van der Waals surface area contributed by atoms with E-state index in [1.807, 2.05) is 24.3 Å². The molecule has 0 saturated heterocycles. The minimum absolute atomic E-state index is 0.288. The van der Waals surface area contributed by atoms with Crippen LogP contribution in [-0.4, -0.2) is 24.5 Å². The van der Waals surface area contributed by atoms with Gasteiger partial charge in [-0.1, -0.05) is 38.1 Å². The highest BCUT2D eigenvalue weighted by atomic mass is 16.8. The zero-order valence-corrected chi connectivity index (χ0v) is 15.4. The maximum Gasteiger partial charge on any atom is 0.511 e. The summed E-state index contributed by atoms with van der Waals surface area (Å²) in [6.45, 7) is 11.0. The third-order valence-electron chi connectivity index (χ3n) is 3.35. The summed E-state index contributed by atoms with van der Waals surface area (Å²) in [5.74, 6) is -0.302. The molecule has 0 amide bonds. The molecular weight excluding hydrogens is 308 g/mol. The second-order valence-corrected chi connectivity index (χ2v) is 6.60. The Hall–Kier alpha value is -2.04. The van der Waals surface area contributed by atoms with Crippen LogP contribution in [0.15, 0.2) is 24.3 Å². The Kier molecular flexibility index (Phi) is 7.75. The van der Waals surface area contributed by atoms with Crippen LogP contribution in [0, 0.1) is 5.92 Å². The molecule has 0 saturated carbocycles. The first kappa shape index (κ1) is 20.0. The molecule has 5 nitrogen and oxygen atoms in total. The van der Waals surface area contributed by atoms with Gasteiger partial charge in [-0.25, -0.2) is 4.79 Å². The highest BCUT2D eigenvalue weighted by Gasteiger charge is 2.22. The molecule has 1 aromatic carbocycles. The Morgan fingerprint density at radius 1 is 0.875 bits per heavy atom. The molecule has 0 bridgehead atoms. The fourth-order valence-electron chi connectivity index (χ4n) is 2.20. The smallest absolute Gasteiger partial charge is 0.431 e. The number of ether oxygens (including phenoxy) is 3. The minimum Gasteiger partial charge on any atom is -0.431 e. The average Bonchev–Trinajstić information content (AvgIpc) is 2.45. The third-order valence-corrected chi connectivity index (χ3v) is 3.35. The molecule has 0 spiro atoms.